The maximum Gasteiger partial charge on any atom is 0.257 e. The lowest BCUT2D eigenvalue weighted by molar-refractivity contribution is -0.120. The number of amides is 2. The van der Waals surface area contributed by atoms with Crippen LogP contribution in [0.3, 0.4) is 0 Å². The first-order chi connectivity index (χ1) is 11.6. The van der Waals surface area contributed by atoms with E-state index in [1.54, 1.807) is 10.7 Å². The third-order valence-electron chi connectivity index (χ3n) is 5.28. The number of carbonyl (C=O) groups is 2. The van der Waals surface area contributed by atoms with E-state index in [4.69, 9.17) is 4.42 Å². The monoisotopic (exact) mass is 328 g/mol. The Morgan fingerprint density at radius 3 is 2.83 bits per heavy atom. The molecule has 4 heterocycles. The van der Waals surface area contributed by atoms with Crippen LogP contribution in [-0.2, 0) is 11.8 Å². The van der Waals surface area contributed by atoms with Gasteiger partial charge in [-0.3, -0.25) is 14.3 Å². The maximum absolute atomic E-state index is 12.4. The van der Waals surface area contributed by atoms with Gasteiger partial charge in [0.05, 0.1) is 23.6 Å². The van der Waals surface area contributed by atoms with E-state index < -0.39 is 0 Å². The molecule has 0 aliphatic carbocycles. The highest BCUT2D eigenvalue weighted by atomic mass is 16.3. The van der Waals surface area contributed by atoms with Gasteiger partial charge in [0.1, 0.15) is 6.26 Å². The SMILES string of the molecule is Cn1cc([C@@H]2CC(=O)NC23CCN(C(=O)c2ccoc2)CC3)cn1. The molecule has 24 heavy (non-hydrogen) atoms. The Hall–Kier alpha value is -2.57. The molecule has 2 aliphatic rings. The van der Waals surface area contributed by atoms with E-state index in [2.05, 4.69) is 10.4 Å². The van der Waals surface area contributed by atoms with E-state index in [0.29, 0.717) is 25.1 Å². The number of aryl methyl sites for hydroxylation is 1. The Morgan fingerprint density at radius 2 is 2.21 bits per heavy atom. The van der Waals surface area contributed by atoms with Crippen LogP contribution in [0.15, 0.2) is 35.4 Å². The van der Waals surface area contributed by atoms with Gasteiger partial charge in [-0.05, 0) is 24.5 Å². The van der Waals surface area contributed by atoms with Gasteiger partial charge in [0, 0.05) is 38.7 Å². The van der Waals surface area contributed by atoms with Crippen molar-refractivity contribution >= 4 is 11.8 Å². The molecule has 2 aromatic rings. The molecule has 7 heteroatoms. The van der Waals surface area contributed by atoms with Crippen LogP contribution in [0.1, 0.15) is 41.1 Å². The quantitative estimate of drug-likeness (QED) is 0.901. The summed E-state index contributed by atoms with van der Waals surface area (Å²) < 4.78 is 6.76. The van der Waals surface area contributed by atoms with Crippen LogP contribution in [0.25, 0.3) is 0 Å². The Kier molecular flexibility index (Phi) is 3.44. The summed E-state index contributed by atoms with van der Waals surface area (Å²) >= 11 is 0. The first-order valence-corrected chi connectivity index (χ1v) is 8.18. The minimum atomic E-state index is -0.271. The fraction of sp³-hybridized carbons (Fsp3) is 0.471. The van der Waals surface area contributed by atoms with E-state index in [-0.39, 0.29) is 23.3 Å². The van der Waals surface area contributed by atoms with Crippen molar-refractivity contribution in [3.63, 3.8) is 0 Å². The van der Waals surface area contributed by atoms with Gasteiger partial charge in [0.15, 0.2) is 0 Å². The van der Waals surface area contributed by atoms with E-state index in [1.807, 2.05) is 24.3 Å². The molecule has 0 radical (unpaired) electrons. The number of hydrogen-bond donors (Lipinski definition) is 1. The summed E-state index contributed by atoms with van der Waals surface area (Å²) in [5.41, 5.74) is 1.39. The summed E-state index contributed by atoms with van der Waals surface area (Å²) in [5, 5.41) is 7.43. The summed E-state index contributed by atoms with van der Waals surface area (Å²) in [6.45, 7) is 1.25. The fourth-order valence-corrected chi connectivity index (χ4v) is 4.00. The molecular formula is C17H20N4O3. The number of rotatable bonds is 2. The van der Waals surface area contributed by atoms with Crippen molar-refractivity contribution < 1.29 is 14.0 Å². The Labute approximate surface area is 139 Å². The molecule has 0 saturated carbocycles. The second-order valence-corrected chi connectivity index (χ2v) is 6.71. The lowest BCUT2D eigenvalue weighted by atomic mass is 9.75. The molecule has 2 amide bonds. The zero-order valence-electron chi connectivity index (χ0n) is 13.6. The molecule has 126 valence electrons. The average molecular weight is 328 g/mol. The van der Waals surface area contributed by atoms with Gasteiger partial charge >= 0.3 is 0 Å². The predicted octanol–water partition coefficient (Wildman–Crippen LogP) is 1.29. The lowest BCUT2D eigenvalue weighted by Crippen LogP contribution is -2.54. The molecule has 2 fully saturated rings. The van der Waals surface area contributed by atoms with Crippen molar-refractivity contribution in [3.05, 3.63) is 42.1 Å². The zero-order chi connectivity index (χ0) is 16.7. The number of nitrogens with one attached hydrogen (secondary N) is 1. The number of aromatic nitrogens is 2. The van der Waals surface area contributed by atoms with Crippen LogP contribution in [0, 0.1) is 0 Å². The molecule has 1 atom stereocenters. The number of likely N-dealkylation sites (tertiary alicyclic amines) is 1. The van der Waals surface area contributed by atoms with Crippen LogP contribution in [0.5, 0.6) is 0 Å². The second kappa shape index (κ2) is 5.51. The molecule has 4 rings (SSSR count). The molecule has 2 aromatic heterocycles. The van der Waals surface area contributed by atoms with Gasteiger partial charge in [0.2, 0.25) is 5.91 Å². The highest BCUT2D eigenvalue weighted by molar-refractivity contribution is 5.94. The fourth-order valence-electron chi connectivity index (χ4n) is 4.00. The van der Waals surface area contributed by atoms with Crippen molar-refractivity contribution in [2.24, 2.45) is 7.05 Å². The number of furan rings is 1. The summed E-state index contributed by atoms with van der Waals surface area (Å²) in [7, 11) is 1.88. The minimum absolute atomic E-state index is 0.0131. The molecule has 2 aliphatic heterocycles. The average Bonchev–Trinajstić information content (AvgIpc) is 3.28. The third-order valence-corrected chi connectivity index (χ3v) is 5.28. The summed E-state index contributed by atoms with van der Waals surface area (Å²) in [6, 6.07) is 1.68. The normalized spacial score (nSPS) is 22.8. The topological polar surface area (TPSA) is 80.4 Å². The first-order valence-electron chi connectivity index (χ1n) is 8.18. The van der Waals surface area contributed by atoms with Gasteiger partial charge in [-0.1, -0.05) is 0 Å². The van der Waals surface area contributed by atoms with Gasteiger partial charge < -0.3 is 14.6 Å². The van der Waals surface area contributed by atoms with Gasteiger partial charge in [-0.25, -0.2) is 0 Å². The van der Waals surface area contributed by atoms with E-state index in [1.165, 1.54) is 12.5 Å². The van der Waals surface area contributed by atoms with Gasteiger partial charge in [-0.2, -0.15) is 5.10 Å². The highest BCUT2D eigenvalue weighted by Gasteiger charge is 2.49. The molecule has 7 nitrogen and oxygen atoms in total. The summed E-state index contributed by atoms with van der Waals surface area (Å²) in [6.07, 6.45) is 8.80. The second-order valence-electron chi connectivity index (χ2n) is 6.71. The first kappa shape index (κ1) is 15.0. The van der Waals surface area contributed by atoms with E-state index in [0.717, 1.165) is 18.4 Å². The van der Waals surface area contributed by atoms with Crippen LogP contribution in [0.2, 0.25) is 0 Å². The molecular weight excluding hydrogens is 308 g/mol. The molecule has 0 bridgehead atoms. The summed E-state index contributed by atoms with van der Waals surface area (Å²) in [4.78, 5) is 26.4. The van der Waals surface area contributed by atoms with E-state index in [9.17, 15) is 9.59 Å². The van der Waals surface area contributed by atoms with Crippen molar-refractivity contribution in [2.45, 2.75) is 30.7 Å². The maximum atomic E-state index is 12.4. The Morgan fingerprint density at radius 1 is 1.42 bits per heavy atom. The van der Waals surface area contributed by atoms with Gasteiger partial charge in [-0.15, -0.1) is 0 Å². The van der Waals surface area contributed by atoms with Crippen LogP contribution < -0.4 is 5.32 Å². The molecule has 0 aromatic carbocycles. The van der Waals surface area contributed by atoms with Crippen LogP contribution in [0.4, 0.5) is 0 Å². The summed E-state index contributed by atoms with van der Waals surface area (Å²) in [5.74, 6) is 0.184. The van der Waals surface area contributed by atoms with Crippen molar-refractivity contribution in [2.75, 3.05) is 13.1 Å². The standard InChI is InChI=1S/C17H20N4O3/c1-20-10-13(9-18-20)14-8-15(22)19-17(14)3-5-21(6-4-17)16(23)12-2-7-24-11-12/h2,7,9-11,14H,3-6,8H2,1H3,(H,19,22)/t14-/m0/s1. The van der Waals surface area contributed by atoms with Crippen molar-refractivity contribution in [1.82, 2.24) is 20.0 Å². The molecule has 0 unspecified atom stereocenters. The molecule has 1 N–H and O–H groups in total. The smallest absolute Gasteiger partial charge is 0.257 e. The zero-order valence-corrected chi connectivity index (χ0v) is 13.6. The highest BCUT2D eigenvalue weighted by Crippen LogP contribution is 2.43. The van der Waals surface area contributed by atoms with Crippen molar-refractivity contribution in [1.29, 1.82) is 0 Å². The predicted molar refractivity (Wildman–Crippen MR) is 85.3 cm³/mol. The molecule has 1 spiro atoms. The number of carbonyl (C=O) groups excluding carboxylic acids is 2. The number of piperidine rings is 1. The number of nitrogens with zero attached hydrogens (tertiary/aromatic N) is 3. The number of hydrogen-bond acceptors (Lipinski definition) is 4. The molecule has 2 saturated heterocycles. The largest absolute Gasteiger partial charge is 0.472 e. The Balaban J connectivity index is 1.52. The third kappa shape index (κ3) is 2.40. The van der Waals surface area contributed by atoms with Gasteiger partial charge in [0.25, 0.3) is 5.91 Å². The van der Waals surface area contributed by atoms with Crippen molar-refractivity contribution in [3.8, 4) is 0 Å². The minimum Gasteiger partial charge on any atom is -0.472 e. The van der Waals surface area contributed by atoms with Crippen LogP contribution in [-0.4, -0.2) is 45.1 Å². The Bertz CT molecular complexity index is 757. The lowest BCUT2D eigenvalue weighted by Gasteiger charge is -2.42. The van der Waals surface area contributed by atoms with E-state index >= 15 is 0 Å². The van der Waals surface area contributed by atoms with Crippen LogP contribution >= 0.6 is 0 Å².